The lowest BCUT2D eigenvalue weighted by Gasteiger charge is -2.26. The van der Waals surface area contributed by atoms with E-state index in [1.165, 1.54) is 30.4 Å². The molecule has 2 rings (SSSR count). The molecule has 1 atom stereocenters. The van der Waals surface area contributed by atoms with Crippen molar-refractivity contribution in [2.45, 2.75) is 52.5 Å². The Labute approximate surface area is 112 Å². The van der Waals surface area contributed by atoms with Crippen LogP contribution in [-0.2, 0) is 6.42 Å². The number of aryl methyl sites for hydroxylation is 1. The second-order valence-corrected chi connectivity index (χ2v) is 6.86. The van der Waals surface area contributed by atoms with Gasteiger partial charge in [0.25, 0.3) is 0 Å². The summed E-state index contributed by atoms with van der Waals surface area (Å²) >= 11 is 0. The van der Waals surface area contributed by atoms with E-state index in [2.05, 4.69) is 57.3 Å². The third kappa shape index (κ3) is 4.13. The molecule has 0 aromatic heterocycles. The molecule has 1 aromatic rings. The highest BCUT2D eigenvalue weighted by Gasteiger charge is 2.31. The highest BCUT2D eigenvalue weighted by atomic mass is 14.9. The van der Waals surface area contributed by atoms with E-state index in [-0.39, 0.29) is 5.54 Å². The van der Waals surface area contributed by atoms with Gasteiger partial charge in [-0.05, 0) is 76.5 Å². The molecule has 0 bridgehead atoms. The van der Waals surface area contributed by atoms with E-state index in [0.717, 1.165) is 18.4 Å². The topological polar surface area (TPSA) is 12.0 Å². The van der Waals surface area contributed by atoms with E-state index >= 15 is 0 Å². The molecular weight excluding hydrogens is 218 g/mol. The smallest absolute Gasteiger partial charge is 0.00966 e. The van der Waals surface area contributed by atoms with Gasteiger partial charge in [0.1, 0.15) is 0 Å². The van der Waals surface area contributed by atoms with Crippen LogP contribution in [0.5, 0.6) is 0 Å². The summed E-state index contributed by atoms with van der Waals surface area (Å²) in [6.45, 7) is 10.2. The fourth-order valence-corrected chi connectivity index (χ4v) is 2.53. The summed E-state index contributed by atoms with van der Waals surface area (Å²) in [6.07, 6.45) is 4.10. The van der Waals surface area contributed by atoms with E-state index in [1.54, 1.807) is 0 Å². The molecule has 0 amide bonds. The van der Waals surface area contributed by atoms with Gasteiger partial charge in [-0.15, -0.1) is 0 Å². The Bertz CT molecular complexity index is 385. The fraction of sp³-hybridized carbons (Fsp3) is 0.647. The molecule has 0 radical (unpaired) electrons. The van der Waals surface area contributed by atoms with Crippen molar-refractivity contribution in [1.82, 2.24) is 5.32 Å². The maximum absolute atomic E-state index is 3.68. The normalized spacial score (nSPS) is 17.8. The summed E-state index contributed by atoms with van der Waals surface area (Å²) in [6, 6.07) is 8.83. The molecule has 0 saturated heterocycles. The molecule has 1 aliphatic rings. The van der Waals surface area contributed by atoms with E-state index in [9.17, 15) is 0 Å². The van der Waals surface area contributed by atoms with Crippen molar-refractivity contribution in [3.8, 4) is 0 Å². The molecule has 1 unspecified atom stereocenters. The van der Waals surface area contributed by atoms with Crippen LogP contribution in [0.2, 0.25) is 0 Å². The summed E-state index contributed by atoms with van der Waals surface area (Å²) in [5.41, 5.74) is 3.21. The van der Waals surface area contributed by atoms with E-state index in [0.29, 0.717) is 0 Å². The predicted octanol–water partition coefficient (Wildman–Crippen LogP) is 3.95. The average molecular weight is 245 g/mol. The maximum atomic E-state index is 3.68. The standard InChI is InChI=1S/C17H27N/c1-13-7-5-6-8-15(13)11-16(14-9-10-14)12-18-17(2,3)4/h5-8,14,16,18H,9-12H2,1-4H3. The molecular formula is C17H27N. The first-order chi connectivity index (χ1) is 8.46. The molecule has 1 aromatic carbocycles. The van der Waals surface area contributed by atoms with Crippen molar-refractivity contribution >= 4 is 0 Å². The Balaban J connectivity index is 1.96. The molecule has 100 valence electrons. The van der Waals surface area contributed by atoms with Crippen LogP contribution in [0.15, 0.2) is 24.3 Å². The summed E-state index contributed by atoms with van der Waals surface area (Å²) in [5.74, 6) is 1.77. The zero-order chi connectivity index (χ0) is 13.2. The van der Waals surface area contributed by atoms with Crippen molar-refractivity contribution in [3.63, 3.8) is 0 Å². The van der Waals surface area contributed by atoms with Crippen molar-refractivity contribution in [3.05, 3.63) is 35.4 Å². The minimum absolute atomic E-state index is 0.235. The molecule has 1 nitrogen and oxygen atoms in total. The summed E-state index contributed by atoms with van der Waals surface area (Å²) in [4.78, 5) is 0. The molecule has 0 heterocycles. The zero-order valence-corrected chi connectivity index (χ0v) is 12.3. The molecule has 1 N–H and O–H groups in total. The van der Waals surface area contributed by atoms with Crippen molar-refractivity contribution in [1.29, 1.82) is 0 Å². The van der Waals surface area contributed by atoms with Gasteiger partial charge in [0, 0.05) is 5.54 Å². The van der Waals surface area contributed by atoms with Crippen LogP contribution in [-0.4, -0.2) is 12.1 Å². The van der Waals surface area contributed by atoms with E-state index in [1.807, 2.05) is 0 Å². The Morgan fingerprint density at radius 1 is 1.22 bits per heavy atom. The average Bonchev–Trinajstić information content (AvgIpc) is 3.09. The van der Waals surface area contributed by atoms with Gasteiger partial charge in [-0.25, -0.2) is 0 Å². The number of hydrogen-bond donors (Lipinski definition) is 1. The zero-order valence-electron chi connectivity index (χ0n) is 12.3. The first kappa shape index (κ1) is 13.6. The number of benzene rings is 1. The van der Waals surface area contributed by atoms with Crippen molar-refractivity contribution in [2.24, 2.45) is 11.8 Å². The highest BCUT2D eigenvalue weighted by molar-refractivity contribution is 5.26. The summed E-state index contributed by atoms with van der Waals surface area (Å²) in [7, 11) is 0. The van der Waals surface area contributed by atoms with Gasteiger partial charge in [-0.2, -0.15) is 0 Å². The van der Waals surface area contributed by atoms with Crippen LogP contribution in [0.3, 0.4) is 0 Å². The SMILES string of the molecule is Cc1ccccc1CC(CNC(C)(C)C)C1CC1. The van der Waals surface area contributed by atoms with Gasteiger partial charge in [0.05, 0.1) is 0 Å². The number of nitrogens with one attached hydrogen (secondary N) is 1. The van der Waals surface area contributed by atoms with Crippen LogP contribution >= 0.6 is 0 Å². The van der Waals surface area contributed by atoms with Gasteiger partial charge in [-0.1, -0.05) is 24.3 Å². The Morgan fingerprint density at radius 3 is 2.44 bits per heavy atom. The van der Waals surface area contributed by atoms with E-state index < -0.39 is 0 Å². The summed E-state index contributed by atoms with van der Waals surface area (Å²) in [5, 5.41) is 3.68. The highest BCUT2D eigenvalue weighted by Crippen LogP contribution is 2.38. The quantitative estimate of drug-likeness (QED) is 0.828. The third-order valence-corrected chi connectivity index (χ3v) is 3.93. The lowest BCUT2D eigenvalue weighted by molar-refractivity contribution is 0.346. The first-order valence-electron chi connectivity index (χ1n) is 7.25. The molecule has 1 saturated carbocycles. The Hall–Kier alpha value is -0.820. The Morgan fingerprint density at radius 2 is 1.89 bits per heavy atom. The predicted molar refractivity (Wildman–Crippen MR) is 78.9 cm³/mol. The Kier molecular flexibility index (Phi) is 4.11. The largest absolute Gasteiger partial charge is 0.312 e. The second kappa shape index (κ2) is 5.44. The molecule has 0 spiro atoms. The molecule has 1 heteroatoms. The fourth-order valence-electron chi connectivity index (χ4n) is 2.53. The van der Waals surface area contributed by atoms with Gasteiger partial charge < -0.3 is 5.32 Å². The van der Waals surface area contributed by atoms with Gasteiger partial charge >= 0.3 is 0 Å². The van der Waals surface area contributed by atoms with E-state index in [4.69, 9.17) is 0 Å². The molecule has 18 heavy (non-hydrogen) atoms. The number of hydrogen-bond acceptors (Lipinski definition) is 1. The van der Waals surface area contributed by atoms with Crippen LogP contribution in [0.25, 0.3) is 0 Å². The van der Waals surface area contributed by atoms with Gasteiger partial charge in [0.15, 0.2) is 0 Å². The minimum Gasteiger partial charge on any atom is -0.312 e. The number of rotatable bonds is 5. The van der Waals surface area contributed by atoms with Crippen molar-refractivity contribution in [2.75, 3.05) is 6.54 Å². The van der Waals surface area contributed by atoms with Crippen LogP contribution in [0.4, 0.5) is 0 Å². The van der Waals surface area contributed by atoms with Gasteiger partial charge in [-0.3, -0.25) is 0 Å². The lowest BCUT2D eigenvalue weighted by atomic mass is 9.91. The summed E-state index contributed by atoms with van der Waals surface area (Å²) < 4.78 is 0. The first-order valence-corrected chi connectivity index (χ1v) is 7.25. The van der Waals surface area contributed by atoms with Gasteiger partial charge in [0.2, 0.25) is 0 Å². The molecule has 1 aliphatic carbocycles. The maximum Gasteiger partial charge on any atom is 0.00966 e. The molecule has 1 fully saturated rings. The van der Waals surface area contributed by atoms with Crippen molar-refractivity contribution < 1.29 is 0 Å². The van der Waals surface area contributed by atoms with Crippen LogP contribution in [0, 0.1) is 18.8 Å². The van der Waals surface area contributed by atoms with Crippen LogP contribution < -0.4 is 5.32 Å². The second-order valence-electron chi connectivity index (χ2n) is 6.86. The lowest BCUT2D eigenvalue weighted by Crippen LogP contribution is -2.40. The monoisotopic (exact) mass is 245 g/mol. The van der Waals surface area contributed by atoms with Crippen LogP contribution in [0.1, 0.15) is 44.7 Å². The molecule has 0 aliphatic heterocycles. The minimum atomic E-state index is 0.235. The third-order valence-electron chi connectivity index (χ3n) is 3.93.